The van der Waals surface area contributed by atoms with Crippen LogP contribution < -0.4 is 0 Å². The summed E-state index contributed by atoms with van der Waals surface area (Å²) in [5.41, 5.74) is -2.27. The fourth-order valence-corrected chi connectivity index (χ4v) is 3.08. The molecule has 0 aromatic carbocycles. The van der Waals surface area contributed by atoms with Gasteiger partial charge in [0.25, 0.3) is 3.79 Å². The molecule has 0 aliphatic heterocycles. The first-order valence-electron chi connectivity index (χ1n) is 8.30. The molecule has 0 amide bonds. The zero-order chi connectivity index (χ0) is 23.4. The Morgan fingerprint density at radius 1 is 1.00 bits per heavy atom. The number of esters is 4. The SMILES string of the molecule is CC(=O)OCC1C(OC(C)=O)[C@@H](OC(C)=O)C1(OC(C)=O)[C@H](O)OC(=N)C(Cl)(Cl)Cl. The summed E-state index contributed by atoms with van der Waals surface area (Å²) in [6.45, 7) is 3.59. The van der Waals surface area contributed by atoms with Crippen molar-refractivity contribution in [3.63, 3.8) is 0 Å². The van der Waals surface area contributed by atoms with Crippen LogP contribution in [-0.4, -0.2) is 69.4 Å². The van der Waals surface area contributed by atoms with E-state index in [4.69, 9.17) is 63.9 Å². The predicted octanol–water partition coefficient (Wildman–Crippen LogP) is 1.03. The lowest BCUT2D eigenvalue weighted by Crippen LogP contribution is -2.79. The van der Waals surface area contributed by atoms with Crippen LogP contribution >= 0.6 is 34.8 Å². The third-order valence-electron chi connectivity index (χ3n) is 3.97. The van der Waals surface area contributed by atoms with Crippen LogP contribution in [0.15, 0.2) is 0 Å². The molecule has 0 aromatic heterocycles. The number of aliphatic hydroxyl groups is 1. The Kier molecular flexibility index (Phi) is 8.73. The Labute approximate surface area is 186 Å². The van der Waals surface area contributed by atoms with Gasteiger partial charge in [0.05, 0.1) is 5.92 Å². The van der Waals surface area contributed by atoms with Crippen molar-refractivity contribution >= 4 is 64.6 Å². The van der Waals surface area contributed by atoms with Crippen LogP contribution in [0.5, 0.6) is 0 Å². The molecule has 170 valence electrons. The maximum Gasteiger partial charge on any atom is 0.303 e. The first-order valence-corrected chi connectivity index (χ1v) is 9.44. The van der Waals surface area contributed by atoms with Crippen molar-refractivity contribution in [2.24, 2.45) is 5.92 Å². The molecular formula is C16H20Cl3NO10. The largest absolute Gasteiger partial charge is 0.465 e. The van der Waals surface area contributed by atoms with Crippen LogP contribution in [0.1, 0.15) is 27.7 Å². The van der Waals surface area contributed by atoms with E-state index in [0.717, 1.165) is 27.7 Å². The number of halogens is 3. The molecule has 0 aromatic rings. The number of aliphatic hydroxyl groups excluding tert-OH is 1. The number of nitrogens with one attached hydrogen (secondary N) is 1. The summed E-state index contributed by atoms with van der Waals surface area (Å²) < 4.78 is 22.9. The molecule has 0 radical (unpaired) electrons. The average molecular weight is 493 g/mol. The van der Waals surface area contributed by atoms with Gasteiger partial charge in [-0.25, -0.2) is 0 Å². The average Bonchev–Trinajstić information content (AvgIpc) is 2.55. The molecule has 3 unspecified atom stereocenters. The summed E-state index contributed by atoms with van der Waals surface area (Å²) in [6.07, 6.45) is -5.15. The molecule has 1 saturated carbocycles. The maximum atomic E-state index is 11.8. The molecule has 2 N–H and O–H groups in total. The summed E-state index contributed by atoms with van der Waals surface area (Å²) in [5, 5.41) is 18.3. The van der Waals surface area contributed by atoms with E-state index in [1.807, 2.05) is 0 Å². The van der Waals surface area contributed by atoms with Crippen molar-refractivity contribution in [2.45, 2.75) is 55.6 Å². The predicted molar refractivity (Wildman–Crippen MR) is 101 cm³/mol. The third-order valence-corrected chi connectivity index (χ3v) is 4.49. The molecule has 30 heavy (non-hydrogen) atoms. The number of hydrogen-bond acceptors (Lipinski definition) is 11. The van der Waals surface area contributed by atoms with Crippen molar-refractivity contribution in [3.8, 4) is 0 Å². The van der Waals surface area contributed by atoms with Crippen molar-refractivity contribution in [1.82, 2.24) is 0 Å². The number of carbonyl (C=O) groups excluding carboxylic acids is 4. The van der Waals surface area contributed by atoms with E-state index >= 15 is 0 Å². The lowest BCUT2D eigenvalue weighted by Gasteiger charge is -2.57. The molecule has 1 rings (SSSR count). The minimum Gasteiger partial charge on any atom is -0.465 e. The summed E-state index contributed by atoms with van der Waals surface area (Å²) in [7, 11) is 0. The van der Waals surface area contributed by atoms with Crippen LogP contribution in [0, 0.1) is 11.3 Å². The molecule has 14 heteroatoms. The first-order chi connectivity index (χ1) is 13.6. The van der Waals surface area contributed by atoms with Crippen LogP contribution in [-0.2, 0) is 42.9 Å². The smallest absolute Gasteiger partial charge is 0.303 e. The van der Waals surface area contributed by atoms with Crippen LogP contribution in [0.3, 0.4) is 0 Å². The van der Waals surface area contributed by atoms with Gasteiger partial charge in [0, 0.05) is 27.7 Å². The highest BCUT2D eigenvalue weighted by Crippen LogP contribution is 2.49. The highest BCUT2D eigenvalue weighted by atomic mass is 35.6. The molecule has 0 heterocycles. The van der Waals surface area contributed by atoms with Gasteiger partial charge in [0.2, 0.25) is 17.8 Å². The third kappa shape index (κ3) is 6.10. The van der Waals surface area contributed by atoms with Gasteiger partial charge in [-0.1, -0.05) is 34.8 Å². The van der Waals surface area contributed by atoms with E-state index in [1.54, 1.807) is 0 Å². The molecule has 11 nitrogen and oxygen atoms in total. The highest BCUT2D eigenvalue weighted by Gasteiger charge is 2.74. The molecule has 1 aliphatic carbocycles. The molecule has 0 bridgehead atoms. The Morgan fingerprint density at radius 3 is 1.93 bits per heavy atom. The molecular weight excluding hydrogens is 473 g/mol. The number of hydrogen-bond donors (Lipinski definition) is 2. The summed E-state index contributed by atoms with van der Waals surface area (Å²) in [4.78, 5) is 46.2. The molecule has 1 fully saturated rings. The van der Waals surface area contributed by atoms with Crippen LogP contribution in [0.25, 0.3) is 0 Å². The monoisotopic (exact) mass is 491 g/mol. The summed E-state index contributed by atoms with van der Waals surface area (Å²) in [5.74, 6) is -5.71. The zero-order valence-electron chi connectivity index (χ0n) is 16.3. The lowest BCUT2D eigenvalue weighted by atomic mass is 9.63. The zero-order valence-corrected chi connectivity index (χ0v) is 18.5. The van der Waals surface area contributed by atoms with Crippen LogP contribution in [0.2, 0.25) is 0 Å². The Balaban J connectivity index is 3.47. The quantitative estimate of drug-likeness (QED) is 0.131. The Bertz CT molecular complexity index is 725. The number of ether oxygens (including phenoxy) is 5. The van der Waals surface area contributed by atoms with Gasteiger partial charge in [-0.15, -0.1) is 0 Å². The summed E-state index contributed by atoms with van der Waals surface area (Å²) >= 11 is 16.6. The fourth-order valence-electron chi connectivity index (χ4n) is 2.95. The van der Waals surface area contributed by atoms with Gasteiger partial charge >= 0.3 is 23.9 Å². The Morgan fingerprint density at radius 2 is 1.53 bits per heavy atom. The van der Waals surface area contributed by atoms with E-state index in [2.05, 4.69) is 0 Å². The van der Waals surface area contributed by atoms with E-state index < -0.39 is 70.2 Å². The first kappa shape index (κ1) is 26.2. The van der Waals surface area contributed by atoms with Crippen LogP contribution in [0.4, 0.5) is 0 Å². The molecule has 0 spiro atoms. The standard InChI is InChI=1S/C16H20Cl3NO10/c1-6(21)26-5-10-11(27-7(2)22)12(28-8(3)23)15(10,30-9(4)24)14(25)29-13(20)16(17,18)19/h10-12,14,20,25H,5H2,1-4H3/t10?,11?,12-,14-,15?/m1/s1. The van der Waals surface area contributed by atoms with Crippen molar-refractivity contribution < 1.29 is 48.0 Å². The van der Waals surface area contributed by atoms with Gasteiger partial charge in [-0.3, -0.25) is 24.6 Å². The van der Waals surface area contributed by atoms with Gasteiger partial charge in [-0.05, 0) is 0 Å². The molecule has 1 aliphatic rings. The van der Waals surface area contributed by atoms with Gasteiger partial charge < -0.3 is 28.8 Å². The van der Waals surface area contributed by atoms with E-state index in [9.17, 15) is 24.3 Å². The topological polar surface area (TPSA) is 159 Å². The summed E-state index contributed by atoms with van der Waals surface area (Å²) in [6, 6.07) is 0. The molecule has 0 saturated heterocycles. The van der Waals surface area contributed by atoms with Gasteiger partial charge in [0.1, 0.15) is 6.61 Å². The minimum atomic E-state index is -2.39. The van der Waals surface area contributed by atoms with Gasteiger partial charge in [0.15, 0.2) is 12.2 Å². The van der Waals surface area contributed by atoms with Gasteiger partial charge in [-0.2, -0.15) is 0 Å². The van der Waals surface area contributed by atoms with Crippen molar-refractivity contribution in [2.75, 3.05) is 6.61 Å². The molecule has 5 atom stereocenters. The minimum absolute atomic E-state index is 0.542. The number of rotatable bonds is 7. The van der Waals surface area contributed by atoms with Crippen molar-refractivity contribution in [1.29, 1.82) is 5.41 Å². The number of carbonyl (C=O) groups is 4. The van der Waals surface area contributed by atoms with Crippen molar-refractivity contribution in [3.05, 3.63) is 0 Å². The fraction of sp³-hybridized carbons (Fsp3) is 0.688. The maximum absolute atomic E-state index is 11.8. The van der Waals surface area contributed by atoms with E-state index in [1.165, 1.54) is 0 Å². The lowest BCUT2D eigenvalue weighted by molar-refractivity contribution is -0.341. The normalized spacial score (nSPS) is 26.5. The van der Waals surface area contributed by atoms with E-state index in [0.29, 0.717) is 0 Å². The second-order valence-corrected chi connectivity index (χ2v) is 8.54. The highest BCUT2D eigenvalue weighted by molar-refractivity contribution is 6.76. The Hall–Kier alpha value is -1.82. The second kappa shape index (κ2) is 9.99. The number of alkyl halides is 3. The second-order valence-electron chi connectivity index (χ2n) is 6.26. The van der Waals surface area contributed by atoms with E-state index in [-0.39, 0.29) is 0 Å².